The van der Waals surface area contributed by atoms with Crippen LogP contribution in [0.1, 0.15) is 58.1 Å². The number of likely N-dealkylation sites (N-methyl/N-ethyl adjacent to an activating group) is 1. The molecule has 0 aliphatic rings. The molecular formula is C18H31NO. The van der Waals surface area contributed by atoms with Crippen molar-refractivity contribution in [2.45, 2.75) is 59.9 Å². The highest BCUT2D eigenvalue weighted by Crippen LogP contribution is 2.27. The summed E-state index contributed by atoms with van der Waals surface area (Å²) in [7, 11) is 0. The molecule has 0 fully saturated rings. The van der Waals surface area contributed by atoms with Crippen molar-refractivity contribution in [3.05, 3.63) is 29.3 Å². The van der Waals surface area contributed by atoms with E-state index in [0.29, 0.717) is 17.9 Å². The van der Waals surface area contributed by atoms with Crippen molar-refractivity contribution in [2.75, 3.05) is 13.2 Å². The van der Waals surface area contributed by atoms with Crippen LogP contribution in [-0.4, -0.2) is 19.2 Å². The summed E-state index contributed by atoms with van der Waals surface area (Å²) in [5.41, 5.74) is 2.56. The molecule has 114 valence electrons. The van der Waals surface area contributed by atoms with Gasteiger partial charge in [-0.3, -0.25) is 0 Å². The normalized spacial score (nSPS) is 14.3. The molecule has 0 heterocycles. The largest absolute Gasteiger partial charge is 0.492 e. The number of nitrogens with one attached hydrogen (secondary N) is 1. The number of hydrogen-bond donors (Lipinski definition) is 1. The van der Waals surface area contributed by atoms with Gasteiger partial charge < -0.3 is 10.1 Å². The Morgan fingerprint density at radius 1 is 1.15 bits per heavy atom. The SMILES string of the molecule is CCNC(COc1cc(C)ccc1C(C)C)C(C)CC. The Kier molecular flexibility index (Phi) is 7.08. The van der Waals surface area contributed by atoms with E-state index in [-0.39, 0.29) is 0 Å². The van der Waals surface area contributed by atoms with Gasteiger partial charge in [0.15, 0.2) is 0 Å². The van der Waals surface area contributed by atoms with E-state index in [0.717, 1.165) is 18.9 Å². The molecule has 1 rings (SSSR count). The highest BCUT2D eigenvalue weighted by molar-refractivity contribution is 5.39. The summed E-state index contributed by atoms with van der Waals surface area (Å²) in [6, 6.07) is 6.94. The molecule has 0 spiro atoms. The zero-order chi connectivity index (χ0) is 15.1. The molecule has 2 unspecified atom stereocenters. The quantitative estimate of drug-likeness (QED) is 0.754. The monoisotopic (exact) mass is 277 g/mol. The molecule has 1 aromatic carbocycles. The molecular weight excluding hydrogens is 246 g/mol. The van der Waals surface area contributed by atoms with Crippen LogP contribution in [0.25, 0.3) is 0 Å². The van der Waals surface area contributed by atoms with E-state index in [1.807, 2.05) is 0 Å². The zero-order valence-electron chi connectivity index (χ0n) is 14.0. The van der Waals surface area contributed by atoms with Gasteiger partial charge in [-0.25, -0.2) is 0 Å². The Hall–Kier alpha value is -1.02. The van der Waals surface area contributed by atoms with Crippen LogP contribution in [0.15, 0.2) is 18.2 Å². The Balaban J connectivity index is 2.78. The summed E-state index contributed by atoms with van der Waals surface area (Å²) < 4.78 is 6.15. The lowest BCUT2D eigenvalue weighted by Gasteiger charge is -2.25. The van der Waals surface area contributed by atoms with Crippen LogP contribution in [0.2, 0.25) is 0 Å². The Bertz CT molecular complexity index is 400. The van der Waals surface area contributed by atoms with Gasteiger partial charge in [0.05, 0.1) is 0 Å². The van der Waals surface area contributed by atoms with Gasteiger partial charge in [0, 0.05) is 6.04 Å². The van der Waals surface area contributed by atoms with Gasteiger partial charge in [-0.15, -0.1) is 0 Å². The molecule has 2 atom stereocenters. The van der Waals surface area contributed by atoms with Crippen LogP contribution in [-0.2, 0) is 0 Å². The Morgan fingerprint density at radius 2 is 1.85 bits per heavy atom. The fraction of sp³-hybridized carbons (Fsp3) is 0.667. The van der Waals surface area contributed by atoms with Crippen molar-refractivity contribution in [2.24, 2.45) is 5.92 Å². The fourth-order valence-corrected chi connectivity index (χ4v) is 2.39. The van der Waals surface area contributed by atoms with E-state index in [2.05, 4.69) is 65.1 Å². The lowest BCUT2D eigenvalue weighted by Crippen LogP contribution is -2.39. The first-order chi connectivity index (χ1) is 9.49. The third-order valence-electron chi connectivity index (χ3n) is 4.01. The van der Waals surface area contributed by atoms with Crippen molar-refractivity contribution in [1.29, 1.82) is 0 Å². The third kappa shape index (κ3) is 4.82. The first-order valence-corrected chi connectivity index (χ1v) is 7.96. The molecule has 0 aromatic heterocycles. The minimum Gasteiger partial charge on any atom is -0.492 e. The predicted molar refractivity (Wildman–Crippen MR) is 87.7 cm³/mol. The van der Waals surface area contributed by atoms with Gasteiger partial charge in [0.1, 0.15) is 12.4 Å². The lowest BCUT2D eigenvalue weighted by atomic mass is 9.99. The molecule has 0 radical (unpaired) electrons. The van der Waals surface area contributed by atoms with E-state index < -0.39 is 0 Å². The Morgan fingerprint density at radius 3 is 2.40 bits per heavy atom. The van der Waals surface area contributed by atoms with E-state index in [1.165, 1.54) is 17.5 Å². The minimum atomic E-state index is 0.422. The van der Waals surface area contributed by atoms with Crippen molar-refractivity contribution < 1.29 is 4.74 Å². The summed E-state index contributed by atoms with van der Waals surface area (Å²) in [6.07, 6.45) is 1.17. The van der Waals surface area contributed by atoms with E-state index in [1.54, 1.807) is 0 Å². The van der Waals surface area contributed by atoms with Gasteiger partial charge in [-0.1, -0.05) is 53.2 Å². The van der Waals surface area contributed by atoms with Gasteiger partial charge in [0.2, 0.25) is 0 Å². The minimum absolute atomic E-state index is 0.422. The maximum atomic E-state index is 6.15. The van der Waals surface area contributed by atoms with Gasteiger partial charge in [-0.05, 0) is 42.5 Å². The maximum Gasteiger partial charge on any atom is 0.123 e. The van der Waals surface area contributed by atoms with E-state index >= 15 is 0 Å². The van der Waals surface area contributed by atoms with E-state index in [9.17, 15) is 0 Å². The van der Waals surface area contributed by atoms with Crippen LogP contribution in [0, 0.1) is 12.8 Å². The third-order valence-corrected chi connectivity index (χ3v) is 4.01. The maximum absolute atomic E-state index is 6.15. The average molecular weight is 277 g/mol. The molecule has 0 bridgehead atoms. The molecule has 1 aromatic rings. The standard InChI is InChI=1S/C18H31NO/c1-7-15(6)17(19-8-2)12-20-18-11-14(5)9-10-16(18)13(3)4/h9-11,13,15,17,19H,7-8,12H2,1-6H3. The number of hydrogen-bond acceptors (Lipinski definition) is 2. The van der Waals surface area contributed by atoms with Crippen molar-refractivity contribution in [3.8, 4) is 5.75 Å². The molecule has 0 saturated carbocycles. The molecule has 0 amide bonds. The molecule has 0 saturated heterocycles. The smallest absolute Gasteiger partial charge is 0.123 e. The summed E-state index contributed by atoms with van der Waals surface area (Å²) in [6.45, 7) is 15.0. The molecule has 2 nitrogen and oxygen atoms in total. The summed E-state index contributed by atoms with van der Waals surface area (Å²) >= 11 is 0. The summed E-state index contributed by atoms with van der Waals surface area (Å²) in [5.74, 6) is 2.17. The fourth-order valence-electron chi connectivity index (χ4n) is 2.39. The molecule has 2 heteroatoms. The van der Waals surface area contributed by atoms with Crippen LogP contribution < -0.4 is 10.1 Å². The van der Waals surface area contributed by atoms with E-state index in [4.69, 9.17) is 4.74 Å². The summed E-state index contributed by atoms with van der Waals surface area (Å²) in [5, 5.41) is 3.54. The average Bonchev–Trinajstić information content (AvgIpc) is 2.42. The van der Waals surface area contributed by atoms with Gasteiger partial charge in [-0.2, -0.15) is 0 Å². The lowest BCUT2D eigenvalue weighted by molar-refractivity contribution is 0.220. The van der Waals surface area contributed by atoms with Crippen LogP contribution in [0.3, 0.4) is 0 Å². The number of rotatable bonds is 8. The van der Waals surface area contributed by atoms with Crippen LogP contribution in [0.4, 0.5) is 0 Å². The first-order valence-electron chi connectivity index (χ1n) is 7.96. The van der Waals surface area contributed by atoms with Crippen molar-refractivity contribution in [3.63, 3.8) is 0 Å². The van der Waals surface area contributed by atoms with Crippen molar-refractivity contribution >= 4 is 0 Å². The molecule has 0 aliphatic carbocycles. The van der Waals surface area contributed by atoms with Gasteiger partial charge >= 0.3 is 0 Å². The molecule has 20 heavy (non-hydrogen) atoms. The zero-order valence-corrected chi connectivity index (χ0v) is 14.0. The molecule has 1 N–H and O–H groups in total. The highest BCUT2D eigenvalue weighted by atomic mass is 16.5. The number of benzene rings is 1. The highest BCUT2D eigenvalue weighted by Gasteiger charge is 2.16. The topological polar surface area (TPSA) is 21.3 Å². The second-order valence-corrected chi connectivity index (χ2v) is 6.06. The summed E-state index contributed by atoms with van der Waals surface area (Å²) in [4.78, 5) is 0. The number of ether oxygens (including phenoxy) is 1. The predicted octanol–water partition coefficient (Wildman–Crippen LogP) is 4.52. The second kappa shape index (κ2) is 8.31. The number of aryl methyl sites for hydroxylation is 1. The Labute approximate surface area is 124 Å². The second-order valence-electron chi connectivity index (χ2n) is 6.06. The first kappa shape index (κ1) is 17.0. The van der Waals surface area contributed by atoms with Crippen LogP contribution >= 0.6 is 0 Å². The van der Waals surface area contributed by atoms with Crippen LogP contribution in [0.5, 0.6) is 5.75 Å². The van der Waals surface area contributed by atoms with Gasteiger partial charge in [0.25, 0.3) is 0 Å². The van der Waals surface area contributed by atoms with Crippen molar-refractivity contribution in [1.82, 2.24) is 5.32 Å². The molecule has 0 aliphatic heterocycles.